The first-order chi connectivity index (χ1) is 19.1. The number of hydrogen-bond donors (Lipinski definition) is 3. The Labute approximate surface area is 242 Å². The second-order valence-corrected chi connectivity index (χ2v) is 10.7. The number of nitrogens with zero attached hydrogens (tertiary/aromatic N) is 1. The van der Waals surface area contributed by atoms with Crippen molar-refractivity contribution in [3.63, 3.8) is 0 Å². The second-order valence-electron chi connectivity index (χ2n) is 9.84. The fraction of sp³-hybridized carbons (Fsp3) is 0.345. The monoisotopic (exact) mass is 588 g/mol. The normalized spacial score (nSPS) is 20.8. The minimum absolute atomic E-state index is 0.00409. The van der Waals surface area contributed by atoms with Gasteiger partial charge in [0.05, 0.1) is 35.7 Å². The molecule has 2 aliphatic rings. The van der Waals surface area contributed by atoms with Crippen molar-refractivity contribution in [1.29, 1.82) is 0 Å². The van der Waals surface area contributed by atoms with E-state index in [2.05, 4.69) is 5.32 Å². The third-order valence-corrected chi connectivity index (χ3v) is 7.54. The molecule has 3 N–H and O–H groups in total. The summed E-state index contributed by atoms with van der Waals surface area (Å²) in [6, 6.07) is 7.10. The van der Waals surface area contributed by atoms with Gasteiger partial charge in [0, 0.05) is 35.9 Å². The van der Waals surface area contributed by atoms with E-state index >= 15 is 0 Å². The van der Waals surface area contributed by atoms with Gasteiger partial charge in [0.2, 0.25) is 11.8 Å². The van der Waals surface area contributed by atoms with Crippen LogP contribution in [0.25, 0.3) is 0 Å². The minimum atomic E-state index is -1.27. The molecule has 0 radical (unpaired) electrons. The Morgan fingerprint density at radius 3 is 2.55 bits per heavy atom. The molecule has 1 aliphatic heterocycles. The van der Waals surface area contributed by atoms with Crippen LogP contribution in [-0.2, 0) is 16.1 Å². The van der Waals surface area contributed by atoms with Crippen LogP contribution >= 0.6 is 23.2 Å². The minimum Gasteiger partial charge on any atom is -0.493 e. The first kappa shape index (κ1) is 29.6. The van der Waals surface area contributed by atoms with Crippen molar-refractivity contribution in [1.82, 2.24) is 10.2 Å². The van der Waals surface area contributed by atoms with Gasteiger partial charge >= 0.3 is 0 Å². The number of rotatable bonds is 9. The largest absolute Gasteiger partial charge is 0.493 e. The van der Waals surface area contributed by atoms with Gasteiger partial charge in [-0.3, -0.25) is 14.4 Å². The highest BCUT2D eigenvalue weighted by Gasteiger charge is 2.51. The van der Waals surface area contributed by atoms with Crippen LogP contribution < -0.4 is 14.8 Å². The maximum atomic E-state index is 13.5. The van der Waals surface area contributed by atoms with Crippen LogP contribution in [0.3, 0.4) is 0 Å². The number of carbonyl (C=O) groups is 3. The Bertz CT molecular complexity index is 1390. The average Bonchev–Trinajstić information content (AvgIpc) is 3.32. The summed E-state index contributed by atoms with van der Waals surface area (Å²) in [5, 5.41) is 24.3. The number of ether oxygens (including phenoxy) is 2. The van der Waals surface area contributed by atoms with Crippen LogP contribution in [0.15, 0.2) is 53.6 Å². The lowest BCUT2D eigenvalue weighted by Gasteiger charge is -2.40. The molecule has 0 saturated carbocycles. The zero-order valence-corrected chi connectivity index (χ0v) is 23.7. The molecule has 0 saturated heterocycles. The molecule has 40 heavy (non-hydrogen) atoms. The second kappa shape index (κ2) is 12.4. The summed E-state index contributed by atoms with van der Waals surface area (Å²) < 4.78 is 11.6. The van der Waals surface area contributed by atoms with Crippen molar-refractivity contribution >= 4 is 41.3 Å². The molecule has 0 bridgehead atoms. The van der Waals surface area contributed by atoms with Gasteiger partial charge in [-0.1, -0.05) is 34.8 Å². The number of halogens is 2. The number of methoxy groups -OCH3 is 1. The van der Waals surface area contributed by atoms with Gasteiger partial charge in [-0.05, 0) is 49.8 Å². The van der Waals surface area contributed by atoms with Crippen molar-refractivity contribution in [3.05, 3.63) is 80.4 Å². The van der Waals surface area contributed by atoms with Gasteiger partial charge in [-0.15, -0.1) is 0 Å². The molecular formula is C29H30Cl2N2O7. The van der Waals surface area contributed by atoms with Crippen LogP contribution in [0.5, 0.6) is 11.5 Å². The number of carbonyl (C=O) groups excluding carboxylic acids is 3. The molecule has 1 heterocycles. The molecule has 0 fully saturated rings. The lowest BCUT2D eigenvalue weighted by Crippen LogP contribution is -2.55. The Balaban J connectivity index is 1.85. The number of allylic oxidation sites excluding steroid dienone is 1. The number of amides is 2. The van der Waals surface area contributed by atoms with E-state index in [4.69, 9.17) is 32.7 Å². The van der Waals surface area contributed by atoms with E-state index in [1.807, 2.05) is 0 Å². The number of fused-ring (bicyclic) bond motifs is 3. The number of nitrogens with one attached hydrogen (secondary N) is 1. The molecule has 0 aromatic heterocycles. The van der Waals surface area contributed by atoms with Gasteiger partial charge in [0.1, 0.15) is 18.5 Å². The number of aldehydes is 1. The molecule has 2 amide bonds. The summed E-state index contributed by atoms with van der Waals surface area (Å²) in [5.74, 6) is -1.08. The quantitative estimate of drug-likeness (QED) is 0.302. The summed E-state index contributed by atoms with van der Waals surface area (Å²) in [6.45, 7) is 3.32. The van der Waals surface area contributed by atoms with Gasteiger partial charge in [0.25, 0.3) is 0 Å². The number of benzene rings is 2. The smallest absolute Gasteiger partial charge is 0.247 e. The SMILES string of the molecule is COc1cc(C=O)cc2c1OC1C2C(C(=O)NCCO)=CC(N(Cc2ccc(Cl)c(Cl)c2)C(=O)C=C(C)C)C1O. The van der Waals surface area contributed by atoms with Crippen molar-refractivity contribution in [2.75, 3.05) is 20.3 Å². The van der Waals surface area contributed by atoms with E-state index in [0.29, 0.717) is 38.8 Å². The molecule has 2 aromatic carbocycles. The van der Waals surface area contributed by atoms with Crippen LogP contribution in [-0.4, -0.2) is 71.7 Å². The molecule has 1 aliphatic carbocycles. The highest BCUT2D eigenvalue weighted by Crippen LogP contribution is 2.51. The molecule has 4 unspecified atom stereocenters. The van der Waals surface area contributed by atoms with Crippen molar-refractivity contribution < 1.29 is 34.1 Å². The van der Waals surface area contributed by atoms with Crippen molar-refractivity contribution in [3.8, 4) is 11.5 Å². The maximum Gasteiger partial charge on any atom is 0.247 e. The van der Waals surface area contributed by atoms with E-state index < -0.39 is 36.0 Å². The Morgan fingerprint density at radius 2 is 1.93 bits per heavy atom. The Kier molecular flexibility index (Phi) is 9.20. The molecule has 0 spiro atoms. The standard InChI is InChI=1S/C29H30Cl2N2O7/c1-15(2)8-24(36)33(13-16-4-5-20(30)21(31)10-16)22-12-19(29(38)32-6-7-34)25-18-9-17(14-35)11-23(39-3)27(18)40-28(25)26(22)37/h4-5,8-12,14,22,25-26,28,34,37H,6-7,13H2,1-3H3,(H,32,38). The first-order valence-corrected chi connectivity index (χ1v) is 13.4. The zero-order chi connectivity index (χ0) is 29.1. The van der Waals surface area contributed by atoms with E-state index in [1.165, 1.54) is 24.2 Å². The number of hydrogen-bond acceptors (Lipinski definition) is 7. The van der Waals surface area contributed by atoms with Gasteiger partial charge in [-0.2, -0.15) is 0 Å². The van der Waals surface area contributed by atoms with Gasteiger partial charge in [0.15, 0.2) is 11.5 Å². The van der Waals surface area contributed by atoms with Crippen LogP contribution in [0.4, 0.5) is 0 Å². The lowest BCUT2D eigenvalue weighted by molar-refractivity contribution is -0.133. The van der Waals surface area contributed by atoms with E-state index in [9.17, 15) is 24.6 Å². The topological polar surface area (TPSA) is 125 Å². The zero-order valence-electron chi connectivity index (χ0n) is 22.2. The fourth-order valence-corrected chi connectivity index (χ4v) is 5.37. The molecule has 4 atom stereocenters. The van der Waals surface area contributed by atoms with Crippen LogP contribution in [0.1, 0.15) is 41.3 Å². The molecule has 2 aromatic rings. The molecule has 4 rings (SSSR count). The summed E-state index contributed by atoms with van der Waals surface area (Å²) in [7, 11) is 1.43. The highest BCUT2D eigenvalue weighted by molar-refractivity contribution is 6.42. The molecule has 212 valence electrons. The van der Waals surface area contributed by atoms with E-state index in [-0.39, 0.29) is 31.0 Å². The Hall–Kier alpha value is -3.37. The van der Waals surface area contributed by atoms with Crippen LogP contribution in [0, 0.1) is 0 Å². The third-order valence-electron chi connectivity index (χ3n) is 6.80. The van der Waals surface area contributed by atoms with Gasteiger partial charge < -0.3 is 29.9 Å². The predicted octanol–water partition coefficient (Wildman–Crippen LogP) is 3.43. The first-order valence-electron chi connectivity index (χ1n) is 12.6. The summed E-state index contributed by atoms with van der Waals surface area (Å²) >= 11 is 12.3. The van der Waals surface area contributed by atoms with Crippen LogP contribution in [0.2, 0.25) is 10.0 Å². The van der Waals surface area contributed by atoms with Crippen molar-refractivity contribution in [2.24, 2.45) is 0 Å². The molecular weight excluding hydrogens is 559 g/mol. The van der Waals surface area contributed by atoms with E-state index in [0.717, 1.165) is 5.57 Å². The third kappa shape index (κ3) is 5.88. The number of aliphatic hydroxyl groups excluding tert-OH is 2. The molecule has 11 heteroatoms. The summed E-state index contributed by atoms with van der Waals surface area (Å²) in [5.41, 5.74) is 2.44. The van der Waals surface area contributed by atoms with Crippen molar-refractivity contribution in [2.45, 2.75) is 44.6 Å². The summed E-state index contributed by atoms with van der Waals surface area (Å²) in [6.07, 6.45) is 1.40. The van der Waals surface area contributed by atoms with Gasteiger partial charge in [-0.25, -0.2) is 0 Å². The van der Waals surface area contributed by atoms with E-state index in [1.54, 1.807) is 44.2 Å². The molecule has 9 nitrogen and oxygen atoms in total. The highest BCUT2D eigenvalue weighted by atomic mass is 35.5. The maximum absolute atomic E-state index is 13.5. The average molecular weight is 589 g/mol. The number of aliphatic hydroxyl groups is 2. The summed E-state index contributed by atoms with van der Waals surface area (Å²) in [4.78, 5) is 40.0. The fourth-order valence-electron chi connectivity index (χ4n) is 5.05. The predicted molar refractivity (Wildman–Crippen MR) is 150 cm³/mol. The Morgan fingerprint density at radius 1 is 1.18 bits per heavy atom. The lowest BCUT2D eigenvalue weighted by atomic mass is 9.77.